The van der Waals surface area contributed by atoms with Crippen molar-refractivity contribution in [3.8, 4) is 0 Å². The summed E-state index contributed by atoms with van der Waals surface area (Å²) in [7, 11) is -3.88. The highest BCUT2D eigenvalue weighted by molar-refractivity contribution is 7.89. The molecule has 3 aromatic carbocycles. The van der Waals surface area contributed by atoms with Gasteiger partial charge >= 0.3 is 5.97 Å². The van der Waals surface area contributed by atoms with Crippen LogP contribution in [0.1, 0.15) is 42.0 Å². The molecule has 0 aliphatic rings. The maximum absolute atomic E-state index is 13.5. The molecular weight excluding hydrogens is 453 g/mol. The van der Waals surface area contributed by atoms with Gasteiger partial charge in [0.15, 0.2) is 0 Å². The second kappa shape index (κ2) is 10.7. The molecule has 3 aromatic rings. The Kier molecular flexibility index (Phi) is 8.01. The van der Waals surface area contributed by atoms with Gasteiger partial charge in [0.05, 0.1) is 10.9 Å². The van der Waals surface area contributed by atoms with Crippen LogP contribution < -0.4 is 4.72 Å². The summed E-state index contributed by atoms with van der Waals surface area (Å²) in [5, 5.41) is 9.16. The van der Waals surface area contributed by atoms with E-state index in [0.29, 0.717) is 22.6 Å². The van der Waals surface area contributed by atoms with E-state index in [0.717, 1.165) is 18.4 Å². The molecule has 0 amide bonds. The standard InChI is InChI=1S/C24H23ClFNO4S/c25-20-11-15-22(16-12-20)32(30,31)27-24(19-9-13-21(26)14-10-19)18-7-5-17(6-8-18)3-1-2-4-23(28)29/h5-16,24,27H,1-4H2,(H,28,29). The lowest BCUT2D eigenvalue weighted by Gasteiger charge is -2.20. The van der Waals surface area contributed by atoms with Crippen molar-refractivity contribution in [1.82, 2.24) is 4.72 Å². The van der Waals surface area contributed by atoms with Gasteiger partial charge < -0.3 is 5.11 Å². The Hall–Kier alpha value is -2.74. The van der Waals surface area contributed by atoms with Crippen LogP contribution in [0.5, 0.6) is 0 Å². The topological polar surface area (TPSA) is 83.5 Å². The van der Waals surface area contributed by atoms with Crippen molar-refractivity contribution in [2.24, 2.45) is 0 Å². The summed E-state index contributed by atoms with van der Waals surface area (Å²) in [6.07, 6.45) is 2.20. The van der Waals surface area contributed by atoms with E-state index in [2.05, 4.69) is 4.72 Å². The SMILES string of the molecule is O=C(O)CCCCc1ccc(C(NS(=O)(=O)c2ccc(Cl)cc2)c2ccc(F)cc2)cc1. The maximum atomic E-state index is 13.5. The largest absolute Gasteiger partial charge is 0.481 e. The number of aliphatic carboxylic acids is 1. The summed E-state index contributed by atoms with van der Waals surface area (Å²) >= 11 is 5.87. The minimum absolute atomic E-state index is 0.0732. The van der Waals surface area contributed by atoms with Crippen molar-refractivity contribution in [2.75, 3.05) is 0 Å². The molecule has 0 saturated carbocycles. The quantitative estimate of drug-likeness (QED) is 0.387. The van der Waals surface area contributed by atoms with Crippen LogP contribution in [0.2, 0.25) is 5.02 Å². The number of nitrogens with one attached hydrogen (secondary N) is 1. The number of carboxylic acids is 1. The van der Waals surface area contributed by atoms with Crippen molar-refractivity contribution >= 4 is 27.6 Å². The number of aryl methyl sites for hydroxylation is 1. The summed E-state index contributed by atoms with van der Waals surface area (Å²) < 4.78 is 42.1. The Morgan fingerprint density at radius 1 is 0.906 bits per heavy atom. The van der Waals surface area contributed by atoms with Crippen LogP contribution in [0.25, 0.3) is 0 Å². The highest BCUT2D eigenvalue weighted by Crippen LogP contribution is 2.26. The third-order valence-electron chi connectivity index (χ3n) is 5.02. The van der Waals surface area contributed by atoms with Crippen LogP contribution >= 0.6 is 11.6 Å². The van der Waals surface area contributed by atoms with E-state index < -0.39 is 27.9 Å². The number of unbranched alkanes of at least 4 members (excludes halogenated alkanes) is 1. The van der Waals surface area contributed by atoms with Crippen molar-refractivity contribution in [2.45, 2.75) is 36.6 Å². The first kappa shape index (κ1) is 23.9. The monoisotopic (exact) mass is 475 g/mol. The first-order chi connectivity index (χ1) is 15.2. The molecule has 0 aromatic heterocycles. The molecule has 0 aliphatic carbocycles. The predicted molar refractivity (Wildman–Crippen MR) is 122 cm³/mol. The zero-order chi connectivity index (χ0) is 23.1. The molecule has 0 bridgehead atoms. The number of hydrogen-bond donors (Lipinski definition) is 2. The van der Waals surface area contributed by atoms with Crippen LogP contribution in [-0.4, -0.2) is 19.5 Å². The van der Waals surface area contributed by atoms with Gasteiger partial charge in [0.2, 0.25) is 10.0 Å². The molecule has 32 heavy (non-hydrogen) atoms. The number of sulfonamides is 1. The number of carboxylic acid groups (broad SMARTS) is 1. The molecule has 1 atom stereocenters. The lowest BCUT2D eigenvalue weighted by atomic mass is 9.97. The van der Waals surface area contributed by atoms with Gasteiger partial charge in [-0.25, -0.2) is 12.8 Å². The molecule has 0 spiro atoms. The first-order valence-electron chi connectivity index (χ1n) is 10.1. The molecule has 2 N–H and O–H groups in total. The molecule has 3 rings (SSSR count). The number of benzene rings is 3. The van der Waals surface area contributed by atoms with Crippen LogP contribution in [0.4, 0.5) is 4.39 Å². The number of hydrogen-bond acceptors (Lipinski definition) is 3. The van der Waals surface area contributed by atoms with E-state index in [9.17, 15) is 17.6 Å². The zero-order valence-electron chi connectivity index (χ0n) is 17.2. The average molecular weight is 476 g/mol. The van der Waals surface area contributed by atoms with E-state index >= 15 is 0 Å². The summed E-state index contributed by atoms with van der Waals surface area (Å²) in [5.74, 6) is -1.22. The van der Waals surface area contributed by atoms with Crippen molar-refractivity contribution in [1.29, 1.82) is 0 Å². The summed E-state index contributed by atoms with van der Waals surface area (Å²) in [6.45, 7) is 0. The van der Waals surface area contributed by atoms with Gasteiger partial charge in [-0.2, -0.15) is 4.72 Å². The third kappa shape index (κ3) is 6.63. The highest BCUT2D eigenvalue weighted by atomic mass is 35.5. The zero-order valence-corrected chi connectivity index (χ0v) is 18.7. The third-order valence-corrected chi connectivity index (χ3v) is 6.71. The van der Waals surface area contributed by atoms with Gasteiger partial charge in [0.1, 0.15) is 5.82 Å². The van der Waals surface area contributed by atoms with Crippen LogP contribution in [0, 0.1) is 5.82 Å². The molecule has 0 heterocycles. The van der Waals surface area contributed by atoms with E-state index in [1.807, 2.05) is 24.3 Å². The van der Waals surface area contributed by atoms with E-state index in [1.54, 1.807) is 12.1 Å². The normalized spacial score (nSPS) is 12.4. The fraction of sp³-hybridized carbons (Fsp3) is 0.208. The van der Waals surface area contributed by atoms with Gasteiger partial charge in [-0.1, -0.05) is 48.0 Å². The number of halogens is 2. The van der Waals surface area contributed by atoms with Gasteiger partial charge in [0.25, 0.3) is 0 Å². The van der Waals surface area contributed by atoms with Crippen LogP contribution in [0.3, 0.4) is 0 Å². The second-order valence-electron chi connectivity index (χ2n) is 7.40. The Bertz CT molecular complexity index is 1150. The number of carbonyl (C=O) groups is 1. The Morgan fingerprint density at radius 3 is 2.03 bits per heavy atom. The summed E-state index contributed by atoms with van der Waals surface area (Å²) in [4.78, 5) is 10.7. The molecule has 0 fully saturated rings. The predicted octanol–water partition coefficient (Wildman–Crippen LogP) is 5.34. The average Bonchev–Trinajstić information content (AvgIpc) is 2.76. The van der Waals surface area contributed by atoms with E-state index in [4.69, 9.17) is 16.7 Å². The lowest BCUT2D eigenvalue weighted by molar-refractivity contribution is -0.137. The molecule has 0 saturated heterocycles. The van der Waals surface area contributed by atoms with E-state index in [1.165, 1.54) is 36.4 Å². The fourth-order valence-electron chi connectivity index (χ4n) is 3.30. The molecular formula is C24H23ClFNO4S. The van der Waals surface area contributed by atoms with Crippen molar-refractivity contribution < 1.29 is 22.7 Å². The number of rotatable bonds is 10. The fourth-order valence-corrected chi connectivity index (χ4v) is 4.64. The molecule has 1 unspecified atom stereocenters. The summed E-state index contributed by atoms with van der Waals surface area (Å²) in [5.41, 5.74) is 2.32. The first-order valence-corrected chi connectivity index (χ1v) is 11.9. The Morgan fingerprint density at radius 2 is 1.47 bits per heavy atom. The smallest absolute Gasteiger partial charge is 0.303 e. The van der Waals surface area contributed by atoms with Gasteiger partial charge in [0, 0.05) is 11.4 Å². The Labute approximate surface area is 191 Å². The molecule has 0 radical (unpaired) electrons. The van der Waals surface area contributed by atoms with Crippen LogP contribution in [0.15, 0.2) is 77.7 Å². The lowest BCUT2D eigenvalue weighted by Crippen LogP contribution is -2.29. The molecule has 8 heteroatoms. The Balaban J connectivity index is 1.84. The van der Waals surface area contributed by atoms with Gasteiger partial charge in [-0.3, -0.25) is 4.79 Å². The van der Waals surface area contributed by atoms with Crippen molar-refractivity contribution in [3.05, 3.63) is 100 Å². The van der Waals surface area contributed by atoms with Crippen LogP contribution in [-0.2, 0) is 21.2 Å². The van der Waals surface area contributed by atoms with Crippen molar-refractivity contribution in [3.63, 3.8) is 0 Å². The van der Waals surface area contributed by atoms with Gasteiger partial charge in [-0.05, 0) is 72.4 Å². The van der Waals surface area contributed by atoms with Gasteiger partial charge in [-0.15, -0.1) is 0 Å². The molecule has 5 nitrogen and oxygen atoms in total. The summed E-state index contributed by atoms with van der Waals surface area (Å²) in [6, 6.07) is 18.2. The minimum atomic E-state index is -3.88. The van der Waals surface area contributed by atoms with E-state index in [-0.39, 0.29) is 11.3 Å². The minimum Gasteiger partial charge on any atom is -0.481 e. The second-order valence-corrected chi connectivity index (χ2v) is 9.55. The molecule has 168 valence electrons. The highest BCUT2D eigenvalue weighted by Gasteiger charge is 2.23. The molecule has 0 aliphatic heterocycles. The maximum Gasteiger partial charge on any atom is 0.303 e.